The third-order valence-corrected chi connectivity index (χ3v) is 2.55. The second-order valence-electron chi connectivity index (χ2n) is 3.70. The Bertz CT molecular complexity index is 306. The molecule has 1 aromatic heterocycles. The van der Waals surface area contributed by atoms with Crippen LogP contribution in [0.3, 0.4) is 0 Å². The maximum absolute atomic E-state index is 5.25. The van der Waals surface area contributed by atoms with Crippen molar-refractivity contribution < 1.29 is 4.74 Å². The maximum atomic E-state index is 5.25. The minimum absolute atomic E-state index is 0.788. The van der Waals surface area contributed by atoms with Crippen LogP contribution in [0.5, 0.6) is 0 Å². The Morgan fingerprint density at radius 2 is 2.53 bits per heavy atom. The van der Waals surface area contributed by atoms with Crippen LogP contribution in [0, 0.1) is 0 Å². The predicted molar refractivity (Wildman–Crippen MR) is 58.4 cm³/mol. The highest BCUT2D eigenvalue weighted by molar-refractivity contribution is 5.05. The molecule has 82 valence electrons. The summed E-state index contributed by atoms with van der Waals surface area (Å²) in [6.45, 7) is 3.55. The molecule has 0 saturated heterocycles. The molecule has 15 heavy (non-hydrogen) atoms. The van der Waals surface area contributed by atoms with Gasteiger partial charge in [0.05, 0.1) is 13.2 Å². The lowest BCUT2D eigenvalue weighted by atomic mass is 10.1. The van der Waals surface area contributed by atoms with Gasteiger partial charge >= 0.3 is 0 Å². The average molecular weight is 207 g/mol. The Kier molecular flexibility index (Phi) is 3.93. The summed E-state index contributed by atoms with van der Waals surface area (Å²) in [6, 6.07) is 1.99. The van der Waals surface area contributed by atoms with Crippen molar-refractivity contribution in [3.05, 3.63) is 29.6 Å². The van der Waals surface area contributed by atoms with Gasteiger partial charge in [0.25, 0.3) is 0 Å². The van der Waals surface area contributed by atoms with Crippen LogP contribution in [0.4, 0.5) is 0 Å². The Hall–Kier alpha value is -1.13. The van der Waals surface area contributed by atoms with Crippen molar-refractivity contribution in [2.45, 2.75) is 19.4 Å². The predicted octanol–water partition coefficient (Wildman–Crippen LogP) is 1.24. The number of aromatic nitrogens is 2. The fraction of sp³-hybridized carbons (Fsp3) is 0.545. The van der Waals surface area contributed by atoms with Crippen LogP contribution < -0.4 is 5.32 Å². The van der Waals surface area contributed by atoms with E-state index >= 15 is 0 Å². The normalized spacial score (nSPS) is 16.4. The van der Waals surface area contributed by atoms with Gasteiger partial charge in [0.15, 0.2) is 0 Å². The first-order valence-corrected chi connectivity index (χ1v) is 5.40. The summed E-state index contributed by atoms with van der Waals surface area (Å²) in [4.78, 5) is 0. The average Bonchev–Trinajstić information content (AvgIpc) is 2.79. The van der Waals surface area contributed by atoms with E-state index in [4.69, 9.17) is 4.74 Å². The third-order valence-electron chi connectivity index (χ3n) is 2.55. The van der Waals surface area contributed by atoms with Crippen molar-refractivity contribution in [3.8, 4) is 0 Å². The minimum Gasteiger partial charge on any atom is -0.377 e. The Morgan fingerprint density at radius 1 is 1.53 bits per heavy atom. The van der Waals surface area contributed by atoms with Gasteiger partial charge in [-0.3, -0.25) is 5.10 Å². The molecule has 4 heteroatoms. The monoisotopic (exact) mass is 207 g/mol. The van der Waals surface area contributed by atoms with Crippen molar-refractivity contribution in [2.24, 2.45) is 0 Å². The summed E-state index contributed by atoms with van der Waals surface area (Å²) in [5, 5.41) is 10.2. The van der Waals surface area contributed by atoms with Gasteiger partial charge in [-0.25, -0.2) is 0 Å². The van der Waals surface area contributed by atoms with E-state index in [9.17, 15) is 0 Å². The summed E-state index contributed by atoms with van der Waals surface area (Å²) in [5.41, 5.74) is 2.65. The van der Waals surface area contributed by atoms with Crippen LogP contribution in [0.25, 0.3) is 0 Å². The van der Waals surface area contributed by atoms with Gasteiger partial charge in [-0.15, -0.1) is 0 Å². The lowest BCUT2D eigenvalue weighted by molar-refractivity contribution is 0.153. The summed E-state index contributed by atoms with van der Waals surface area (Å²) in [5.74, 6) is 0. The SMILES string of the molecule is C1=C(CCNCc2ccn[nH]2)CCOC1. The summed E-state index contributed by atoms with van der Waals surface area (Å²) in [6.07, 6.45) is 6.18. The molecular weight excluding hydrogens is 190 g/mol. The minimum atomic E-state index is 0.788. The van der Waals surface area contributed by atoms with Crippen LogP contribution in [-0.2, 0) is 11.3 Å². The van der Waals surface area contributed by atoms with Crippen molar-refractivity contribution in [1.82, 2.24) is 15.5 Å². The van der Waals surface area contributed by atoms with E-state index in [1.165, 1.54) is 5.57 Å². The first-order valence-electron chi connectivity index (χ1n) is 5.40. The van der Waals surface area contributed by atoms with E-state index in [1.807, 2.05) is 6.07 Å². The second kappa shape index (κ2) is 5.68. The molecule has 0 amide bonds. The van der Waals surface area contributed by atoms with E-state index < -0.39 is 0 Å². The van der Waals surface area contributed by atoms with Crippen LogP contribution in [0.15, 0.2) is 23.9 Å². The van der Waals surface area contributed by atoms with Gasteiger partial charge in [0.2, 0.25) is 0 Å². The zero-order valence-corrected chi connectivity index (χ0v) is 8.83. The molecule has 0 bridgehead atoms. The van der Waals surface area contributed by atoms with Crippen molar-refractivity contribution >= 4 is 0 Å². The van der Waals surface area contributed by atoms with E-state index in [2.05, 4.69) is 21.6 Å². The Morgan fingerprint density at radius 3 is 3.27 bits per heavy atom. The van der Waals surface area contributed by atoms with E-state index in [-0.39, 0.29) is 0 Å². The van der Waals surface area contributed by atoms with Crippen LogP contribution in [-0.4, -0.2) is 30.0 Å². The standard InChI is InChI=1S/C11H17N3O/c1(10-3-7-15-8-4-10)5-12-9-11-2-6-13-14-11/h2-3,6,12H,1,4-5,7-9H2,(H,13,14). The van der Waals surface area contributed by atoms with Crippen molar-refractivity contribution in [1.29, 1.82) is 0 Å². The van der Waals surface area contributed by atoms with Crippen LogP contribution >= 0.6 is 0 Å². The van der Waals surface area contributed by atoms with E-state index in [0.717, 1.165) is 44.8 Å². The van der Waals surface area contributed by atoms with Gasteiger partial charge in [-0.2, -0.15) is 5.10 Å². The number of rotatable bonds is 5. The molecule has 0 aromatic carbocycles. The zero-order valence-electron chi connectivity index (χ0n) is 8.83. The molecule has 4 nitrogen and oxygen atoms in total. The molecule has 0 unspecified atom stereocenters. The number of nitrogens with one attached hydrogen (secondary N) is 2. The molecule has 2 N–H and O–H groups in total. The molecule has 2 heterocycles. The van der Waals surface area contributed by atoms with Gasteiger partial charge in [-0.05, 0) is 25.5 Å². The Labute approximate surface area is 89.7 Å². The maximum Gasteiger partial charge on any atom is 0.0650 e. The zero-order chi connectivity index (χ0) is 10.3. The van der Waals surface area contributed by atoms with E-state index in [1.54, 1.807) is 6.20 Å². The number of ether oxygens (including phenoxy) is 1. The largest absolute Gasteiger partial charge is 0.377 e. The highest BCUT2D eigenvalue weighted by Crippen LogP contribution is 2.10. The Balaban J connectivity index is 1.60. The molecular formula is C11H17N3O. The second-order valence-corrected chi connectivity index (χ2v) is 3.70. The van der Waals surface area contributed by atoms with Crippen molar-refractivity contribution in [3.63, 3.8) is 0 Å². The molecule has 0 fully saturated rings. The lowest BCUT2D eigenvalue weighted by Crippen LogP contribution is -2.17. The highest BCUT2D eigenvalue weighted by atomic mass is 16.5. The van der Waals surface area contributed by atoms with Crippen molar-refractivity contribution in [2.75, 3.05) is 19.8 Å². The number of aromatic amines is 1. The fourth-order valence-electron chi connectivity index (χ4n) is 1.65. The lowest BCUT2D eigenvalue weighted by Gasteiger charge is -2.13. The molecule has 0 aliphatic carbocycles. The molecule has 0 radical (unpaired) electrons. The molecule has 0 saturated carbocycles. The van der Waals surface area contributed by atoms with E-state index in [0.29, 0.717) is 0 Å². The first-order chi connectivity index (χ1) is 7.45. The molecule has 1 aromatic rings. The van der Waals surface area contributed by atoms with Gasteiger partial charge < -0.3 is 10.1 Å². The number of hydrogen-bond donors (Lipinski definition) is 2. The first kappa shape index (κ1) is 10.4. The quantitative estimate of drug-likeness (QED) is 0.564. The molecule has 1 aliphatic heterocycles. The van der Waals surface area contributed by atoms with Gasteiger partial charge in [0, 0.05) is 18.4 Å². The topological polar surface area (TPSA) is 49.9 Å². The van der Waals surface area contributed by atoms with Crippen LogP contribution in [0.1, 0.15) is 18.5 Å². The molecule has 0 spiro atoms. The summed E-state index contributed by atoms with van der Waals surface area (Å²) >= 11 is 0. The fourth-order valence-corrected chi connectivity index (χ4v) is 1.65. The smallest absolute Gasteiger partial charge is 0.0650 e. The number of H-pyrrole nitrogens is 1. The molecule has 0 atom stereocenters. The summed E-state index contributed by atoms with van der Waals surface area (Å²) in [7, 11) is 0. The third kappa shape index (κ3) is 3.49. The van der Waals surface area contributed by atoms with Gasteiger partial charge in [0.1, 0.15) is 0 Å². The number of nitrogens with zero attached hydrogens (tertiary/aromatic N) is 1. The highest BCUT2D eigenvalue weighted by Gasteiger charge is 2.02. The molecule has 1 aliphatic rings. The van der Waals surface area contributed by atoms with Gasteiger partial charge in [-0.1, -0.05) is 11.6 Å². The number of hydrogen-bond acceptors (Lipinski definition) is 3. The summed E-state index contributed by atoms with van der Waals surface area (Å²) < 4.78 is 5.25. The molecule has 2 rings (SSSR count). The van der Waals surface area contributed by atoms with Crippen LogP contribution in [0.2, 0.25) is 0 Å².